The normalized spacial score (nSPS) is 11.2. The molecule has 22 heavy (non-hydrogen) atoms. The van der Waals surface area contributed by atoms with Crippen molar-refractivity contribution in [3.8, 4) is 11.3 Å². The van der Waals surface area contributed by atoms with Gasteiger partial charge in [0.25, 0.3) is 0 Å². The number of amidine groups is 1. The van der Waals surface area contributed by atoms with Crippen molar-refractivity contribution in [3.63, 3.8) is 0 Å². The average Bonchev–Trinajstić information content (AvgIpc) is 2.93. The molecule has 3 N–H and O–H groups in total. The molecule has 0 amide bonds. The van der Waals surface area contributed by atoms with Crippen molar-refractivity contribution >= 4 is 46.6 Å². The van der Waals surface area contributed by atoms with Crippen LogP contribution in [0.25, 0.3) is 11.3 Å². The van der Waals surface area contributed by atoms with Gasteiger partial charge in [-0.1, -0.05) is 59.1 Å². The standard InChI is InChI=1S/C14H11Cl3N2O3/c15-14(16,17)7-22-13(20)10-5-6-21-11(10)8-3-1-2-4-9(8)12(18)19/h1-6H,7H2,(H3,18,19). The Kier molecular flexibility index (Phi) is 5.01. The van der Waals surface area contributed by atoms with Crippen LogP contribution in [0.15, 0.2) is 41.0 Å². The molecule has 0 aliphatic rings. The number of nitrogens with one attached hydrogen (secondary N) is 1. The van der Waals surface area contributed by atoms with Crippen LogP contribution in [0.4, 0.5) is 0 Å². The van der Waals surface area contributed by atoms with Crippen LogP contribution in [0.2, 0.25) is 0 Å². The van der Waals surface area contributed by atoms with Crippen LogP contribution in [0, 0.1) is 5.41 Å². The first-order chi connectivity index (χ1) is 10.3. The highest BCUT2D eigenvalue weighted by molar-refractivity contribution is 6.67. The average molecular weight is 362 g/mol. The number of nitrogen functional groups attached to an aromatic ring is 1. The van der Waals surface area contributed by atoms with Crippen LogP contribution in [0.1, 0.15) is 15.9 Å². The Balaban J connectivity index is 2.35. The lowest BCUT2D eigenvalue weighted by molar-refractivity contribution is 0.0512. The Morgan fingerprint density at radius 2 is 1.91 bits per heavy atom. The third-order valence-corrected chi connectivity index (χ3v) is 3.04. The van der Waals surface area contributed by atoms with Crippen molar-refractivity contribution in [2.75, 3.05) is 6.61 Å². The topological polar surface area (TPSA) is 89.3 Å². The molecule has 0 saturated carbocycles. The van der Waals surface area contributed by atoms with Gasteiger partial charge >= 0.3 is 5.97 Å². The number of alkyl halides is 3. The van der Waals surface area contributed by atoms with Crippen molar-refractivity contribution in [2.45, 2.75) is 3.79 Å². The number of esters is 1. The minimum absolute atomic E-state index is 0.146. The quantitative estimate of drug-likeness (QED) is 0.375. The highest BCUT2D eigenvalue weighted by atomic mass is 35.6. The summed E-state index contributed by atoms with van der Waals surface area (Å²) in [6, 6.07) is 8.23. The molecular formula is C14H11Cl3N2O3. The summed E-state index contributed by atoms with van der Waals surface area (Å²) in [6.45, 7) is -0.393. The fourth-order valence-electron chi connectivity index (χ4n) is 1.82. The van der Waals surface area contributed by atoms with Crippen molar-refractivity contribution in [1.82, 2.24) is 0 Å². The van der Waals surface area contributed by atoms with E-state index in [0.717, 1.165) is 0 Å². The molecule has 1 aromatic carbocycles. The van der Waals surface area contributed by atoms with E-state index >= 15 is 0 Å². The number of furan rings is 1. The van der Waals surface area contributed by atoms with Gasteiger partial charge in [0.1, 0.15) is 23.8 Å². The molecule has 0 fully saturated rings. The lowest BCUT2D eigenvalue weighted by Crippen LogP contribution is -2.17. The number of halogens is 3. The summed E-state index contributed by atoms with van der Waals surface area (Å²) in [5, 5.41) is 7.59. The molecule has 2 rings (SSSR count). The summed E-state index contributed by atoms with van der Waals surface area (Å²) in [4.78, 5) is 12.1. The van der Waals surface area contributed by atoms with Gasteiger partial charge in [-0.2, -0.15) is 0 Å². The van der Waals surface area contributed by atoms with E-state index < -0.39 is 16.4 Å². The molecule has 1 aromatic heterocycles. The fourth-order valence-corrected chi connectivity index (χ4v) is 1.98. The van der Waals surface area contributed by atoms with E-state index in [9.17, 15) is 4.79 Å². The minimum Gasteiger partial charge on any atom is -0.463 e. The maximum absolute atomic E-state index is 12.1. The van der Waals surface area contributed by atoms with Crippen LogP contribution in [-0.2, 0) is 4.74 Å². The van der Waals surface area contributed by atoms with E-state index in [1.807, 2.05) is 0 Å². The molecule has 0 unspecified atom stereocenters. The van der Waals surface area contributed by atoms with Crippen LogP contribution < -0.4 is 5.73 Å². The zero-order valence-corrected chi connectivity index (χ0v) is 13.4. The van der Waals surface area contributed by atoms with E-state index in [0.29, 0.717) is 11.1 Å². The predicted octanol–water partition coefficient (Wildman–Crippen LogP) is 3.76. The highest BCUT2D eigenvalue weighted by Crippen LogP contribution is 2.30. The summed E-state index contributed by atoms with van der Waals surface area (Å²) < 4.78 is 8.58. The number of nitrogens with two attached hydrogens (primary N) is 1. The molecule has 0 bridgehead atoms. The zero-order chi connectivity index (χ0) is 16.3. The first kappa shape index (κ1) is 16.7. The monoisotopic (exact) mass is 360 g/mol. The van der Waals surface area contributed by atoms with E-state index in [2.05, 4.69) is 0 Å². The van der Waals surface area contributed by atoms with Crippen LogP contribution >= 0.6 is 34.8 Å². The molecule has 5 nitrogen and oxygen atoms in total. The number of rotatable bonds is 4. The molecule has 0 radical (unpaired) electrons. The van der Waals surface area contributed by atoms with E-state index in [-0.39, 0.29) is 17.2 Å². The molecule has 0 aliphatic heterocycles. The van der Waals surface area contributed by atoms with Gasteiger partial charge in [0, 0.05) is 11.1 Å². The minimum atomic E-state index is -1.70. The van der Waals surface area contributed by atoms with Gasteiger partial charge in [0.15, 0.2) is 0 Å². The number of carbonyl (C=O) groups is 1. The second kappa shape index (κ2) is 6.60. The first-order valence-electron chi connectivity index (χ1n) is 6.05. The number of carbonyl (C=O) groups excluding carboxylic acids is 1. The SMILES string of the molecule is N=C(N)c1ccccc1-c1occc1C(=O)OCC(Cl)(Cl)Cl. The molecule has 2 aromatic rings. The van der Waals surface area contributed by atoms with Crippen LogP contribution in [-0.4, -0.2) is 22.2 Å². The smallest absolute Gasteiger partial charge is 0.342 e. The number of hydrogen-bond donors (Lipinski definition) is 2. The van der Waals surface area contributed by atoms with E-state index in [4.69, 9.17) is 55.1 Å². The van der Waals surface area contributed by atoms with Gasteiger partial charge < -0.3 is 14.9 Å². The van der Waals surface area contributed by atoms with Gasteiger partial charge in [0.05, 0.1) is 6.26 Å². The predicted molar refractivity (Wildman–Crippen MR) is 85.7 cm³/mol. The Morgan fingerprint density at radius 1 is 1.23 bits per heavy atom. The molecule has 1 heterocycles. The van der Waals surface area contributed by atoms with Gasteiger partial charge in [-0.15, -0.1) is 0 Å². The Labute approximate surface area is 141 Å². The summed E-state index contributed by atoms with van der Waals surface area (Å²) >= 11 is 16.6. The molecule has 116 valence electrons. The number of benzene rings is 1. The third kappa shape index (κ3) is 3.94. The van der Waals surface area contributed by atoms with Gasteiger partial charge in [-0.3, -0.25) is 5.41 Å². The van der Waals surface area contributed by atoms with Crippen molar-refractivity contribution in [1.29, 1.82) is 5.41 Å². The molecule has 8 heteroatoms. The summed E-state index contributed by atoms with van der Waals surface area (Å²) in [7, 11) is 0. The fraction of sp³-hybridized carbons (Fsp3) is 0.143. The van der Waals surface area contributed by atoms with Crippen LogP contribution in [0.3, 0.4) is 0 Å². The largest absolute Gasteiger partial charge is 0.463 e. The molecule has 0 atom stereocenters. The summed E-state index contributed by atoms with van der Waals surface area (Å²) in [6.07, 6.45) is 1.33. The second-order valence-corrected chi connectivity index (χ2v) is 6.83. The summed E-state index contributed by atoms with van der Waals surface area (Å²) in [5.41, 5.74) is 6.63. The zero-order valence-electron chi connectivity index (χ0n) is 11.1. The molecule has 0 saturated heterocycles. The van der Waals surface area contributed by atoms with Crippen molar-refractivity contribution < 1.29 is 13.9 Å². The molecule has 0 spiro atoms. The Morgan fingerprint density at radius 3 is 2.55 bits per heavy atom. The van der Waals surface area contributed by atoms with E-state index in [1.165, 1.54) is 12.3 Å². The van der Waals surface area contributed by atoms with E-state index in [1.54, 1.807) is 24.3 Å². The van der Waals surface area contributed by atoms with Crippen molar-refractivity contribution in [2.24, 2.45) is 5.73 Å². The lowest BCUT2D eigenvalue weighted by atomic mass is 10.0. The maximum atomic E-state index is 12.1. The maximum Gasteiger partial charge on any atom is 0.342 e. The summed E-state index contributed by atoms with van der Waals surface area (Å²) in [5.74, 6) is -0.610. The first-order valence-corrected chi connectivity index (χ1v) is 7.18. The Hall–Kier alpha value is -1.69. The van der Waals surface area contributed by atoms with Gasteiger partial charge in [-0.05, 0) is 6.07 Å². The molecule has 0 aliphatic carbocycles. The van der Waals surface area contributed by atoms with Crippen LogP contribution in [0.5, 0.6) is 0 Å². The Bertz CT molecular complexity index is 707. The second-order valence-electron chi connectivity index (χ2n) is 4.31. The third-order valence-electron chi connectivity index (χ3n) is 2.71. The lowest BCUT2D eigenvalue weighted by Gasteiger charge is -2.12. The number of hydrogen-bond acceptors (Lipinski definition) is 4. The van der Waals surface area contributed by atoms with Gasteiger partial charge in [-0.25, -0.2) is 4.79 Å². The molecular weight excluding hydrogens is 351 g/mol. The van der Waals surface area contributed by atoms with Gasteiger partial charge in [0.2, 0.25) is 3.79 Å². The number of ether oxygens (including phenoxy) is 1. The highest BCUT2D eigenvalue weighted by Gasteiger charge is 2.25. The van der Waals surface area contributed by atoms with Crippen molar-refractivity contribution in [3.05, 3.63) is 47.7 Å².